The van der Waals surface area contributed by atoms with Gasteiger partial charge >= 0.3 is 5.97 Å². The molecule has 0 aliphatic carbocycles. The maximum atomic E-state index is 12.0. The summed E-state index contributed by atoms with van der Waals surface area (Å²) in [5, 5.41) is 12.5. The lowest BCUT2D eigenvalue weighted by molar-refractivity contribution is -0.151. The van der Waals surface area contributed by atoms with Gasteiger partial charge in [0.15, 0.2) is 6.10 Å². The number of nitrogens with zero attached hydrogens (tertiary/aromatic N) is 1. The standard InChI is InChI=1S/C13H18N2O4S/c1-3-8-6-14-12(20-8)7(2)15-11(16)9-4-5-10(19-9)13(17)18/h6-7,9-10H,3-5H2,1-2H3,(H,15,16)(H,17,18). The highest BCUT2D eigenvalue weighted by Gasteiger charge is 2.35. The number of thiazole rings is 1. The zero-order valence-electron chi connectivity index (χ0n) is 11.5. The molecule has 2 N–H and O–H groups in total. The van der Waals surface area contributed by atoms with E-state index in [0.717, 1.165) is 11.4 Å². The van der Waals surface area contributed by atoms with Gasteiger partial charge in [-0.15, -0.1) is 11.3 Å². The molecule has 1 saturated heterocycles. The molecule has 1 fully saturated rings. The molecule has 1 aliphatic heterocycles. The second kappa shape index (κ2) is 6.32. The van der Waals surface area contributed by atoms with Gasteiger partial charge in [0.1, 0.15) is 11.1 Å². The minimum atomic E-state index is -1.01. The molecule has 110 valence electrons. The molecule has 0 spiro atoms. The number of rotatable bonds is 5. The number of hydrogen-bond acceptors (Lipinski definition) is 5. The van der Waals surface area contributed by atoms with E-state index in [9.17, 15) is 9.59 Å². The number of carboxylic acids is 1. The van der Waals surface area contributed by atoms with Crippen LogP contribution in [0.4, 0.5) is 0 Å². The van der Waals surface area contributed by atoms with Crippen LogP contribution in [0.1, 0.15) is 42.6 Å². The monoisotopic (exact) mass is 298 g/mol. The molecule has 6 nitrogen and oxygen atoms in total. The normalized spacial score (nSPS) is 23.5. The molecule has 2 heterocycles. The Morgan fingerprint density at radius 3 is 2.80 bits per heavy atom. The van der Waals surface area contributed by atoms with Gasteiger partial charge in [0.25, 0.3) is 0 Å². The summed E-state index contributed by atoms with van der Waals surface area (Å²) < 4.78 is 5.22. The highest BCUT2D eigenvalue weighted by atomic mass is 32.1. The summed E-state index contributed by atoms with van der Waals surface area (Å²) in [5.74, 6) is -1.28. The van der Waals surface area contributed by atoms with Crippen LogP contribution in [0.25, 0.3) is 0 Å². The third kappa shape index (κ3) is 3.34. The molecule has 1 aliphatic rings. The van der Waals surface area contributed by atoms with Gasteiger partial charge in [-0.05, 0) is 26.2 Å². The number of nitrogens with one attached hydrogen (secondary N) is 1. The Kier molecular flexibility index (Phi) is 4.72. The highest BCUT2D eigenvalue weighted by Crippen LogP contribution is 2.23. The minimum absolute atomic E-state index is 0.194. The van der Waals surface area contributed by atoms with Crippen LogP contribution in [0.15, 0.2) is 6.20 Å². The van der Waals surface area contributed by atoms with Crippen molar-refractivity contribution < 1.29 is 19.4 Å². The van der Waals surface area contributed by atoms with Gasteiger partial charge in [0.05, 0.1) is 6.04 Å². The number of carbonyl (C=O) groups excluding carboxylic acids is 1. The average molecular weight is 298 g/mol. The molecular weight excluding hydrogens is 280 g/mol. The van der Waals surface area contributed by atoms with Crippen molar-refractivity contribution in [1.29, 1.82) is 0 Å². The summed E-state index contributed by atoms with van der Waals surface area (Å²) in [5.41, 5.74) is 0. The van der Waals surface area contributed by atoms with Gasteiger partial charge in [0.2, 0.25) is 5.91 Å². The lowest BCUT2D eigenvalue weighted by atomic mass is 10.2. The fourth-order valence-electron chi connectivity index (χ4n) is 2.07. The molecule has 0 bridgehead atoms. The average Bonchev–Trinajstić information content (AvgIpc) is 3.07. The zero-order valence-corrected chi connectivity index (χ0v) is 12.3. The fraction of sp³-hybridized carbons (Fsp3) is 0.615. The van der Waals surface area contributed by atoms with Crippen LogP contribution in [-0.4, -0.2) is 34.2 Å². The topological polar surface area (TPSA) is 88.5 Å². The minimum Gasteiger partial charge on any atom is -0.479 e. The quantitative estimate of drug-likeness (QED) is 0.860. The number of carboxylic acid groups (broad SMARTS) is 1. The van der Waals surface area contributed by atoms with Gasteiger partial charge in [-0.2, -0.15) is 0 Å². The lowest BCUT2D eigenvalue weighted by Gasteiger charge is -2.15. The Labute approximate surface area is 121 Å². The van der Waals surface area contributed by atoms with Crippen molar-refractivity contribution in [2.45, 2.75) is 51.4 Å². The van der Waals surface area contributed by atoms with Crippen LogP contribution in [0.2, 0.25) is 0 Å². The van der Waals surface area contributed by atoms with Crippen LogP contribution in [0.5, 0.6) is 0 Å². The van der Waals surface area contributed by atoms with E-state index in [2.05, 4.69) is 17.2 Å². The number of ether oxygens (including phenoxy) is 1. The van der Waals surface area contributed by atoms with Crippen LogP contribution in [0, 0.1) is 0 Å². The number of aryl methyl sites for hydroxylation is 1. The van der Waals surface area contributed by atoms with Crippen molar-refractivity contribution >= 4 is 23.2 Å². The molecule has 3 unspecified atom stereocenters. The summed E-state index contributed by atoms with van der Waals surface area (Å²) in [7, 11) is 0. The summed E-state index contributed by atoms with van der Waals surface area (Å²) in [6, 6.07) is -0.194. The van der Waals surface area contributed by atoms with E-state index < -0.39 is 18.2 Å². The Hall–Kier alpha value is -1.47. The Bertz CT molecular complexity index is 502. The predicted octanol–water partition coefficient (Wildman–Crippen LogP) is 1.51. The van der Waals surface area contributed by atoms with E-state index >= 15 is 0 Å². The molecule has 3 atom stereocenters. The second-order valence-corrected chi connectivity index (χ2v) is 5.92. The van der Waals surface area contributed by atoms with Crippen LogP contribution in [-0.2, 0) is 20.7 Å². The SMILES string of the molecule is CCc1cnc(C(C)NC(=O)C2CCC(C(=O)O)O2)s1. The smallest absolute Gasteiger partial charge is 0.332 e. The summed E-state index contributed by atoms with van der Waals surface area (Å²) in [6.45, 7) is 3.92. The number of hydrogen-bond donors (Lipinski definition) is 2. The Balaban J connectivity index is 1.89. The van der Waals surface area contributed by atoms with Crippen molar-refractivity contribution in [3.05, 3.63) is 16.1 Å². The van der Waals surface area contributed by atoms with Crippen LogP contribution >= 0.6 is 11.3 Å². The van der Waals surface area contributed by atoms with Gasteiger partial charge in [-0.1, -0.05) is 6.92 Å². The van der Waals surface area contributed by atoms with Crippen LogP contribution in [0.3, 0.4) is 0 Å². The van der Waals surface area contributed by atoms with Crippen LogP contribution < -0.4 is 5.32 Å². The molecular formula is C13H18N2O4S. The predicted molar refractivity (Wildman–Crippen MR) is 73.6 cm³/mol. The number of aromatic nitrogens is 1. The summed E-state index contributed by atoms with van der Waals surface area (Å²) in [6.07, 6.45) is 2.00. The second-order valence-electron chi connectivity index (χ2n) is 4.78. The summed E-state index contributed by atoms with van der Waals surface area (Å²) >= 11 is 1.57. The molecule has 2 rings (SSSR count). The van der Waals surface area contributed by atoms with Gasteiger partial charge < -0.3 is 15.2 Å². The number of aliphatic carboxylic acids is 1. The summed E-state index contributed by atoms with van der Waals surface area (Å²) in [4.78, 5) is 28.3. The molecule has 0 radical (unpaired) electrons. The van der Waals surface area contributed by atoms with Gasteiger partial charge in [-0.25, -0.2) is 9.78 Å². The first-order chi connectivity index (χ1) is 9.51. The number of amides is 1. The molecule has 0 aromatic carbocycles. The molecule has 0 saturated carbocycles. The first-order valence-electron chi connectivity index (χ1n) is 6.64. The van der Waals surface area contributed by atoms with E-state index in [1.165, 1.54) is 4.88 Å². The van der Waals surface area contributed by atoms with Gasteiger partial charge in [0, 0.05) is 11.1 Å². The highest BCUT2D eigenvalue weighted by molar-refractivity contribution is 7.11. The first kappa shape index (κ1) is 14.9. The van der Waals surface area contributed by atoms with Crippen molar-refractivity contribution in [2.24, 2.45) is 0 Å². The van der Waals surface area contributed by atoms with Crippen molar-refractivity contribution in [3.63, 3.8) is 0 Å². The molecule has 7 heteroatoms. The fourth-order valence-corrected chi connectivity index (χ4v) is 2.93. The maximum absolute atomic E-state index is 12.0. The molecule has 1 aromatic rings. The third-order valence-electron chi connectivity index (χ3n) is 3.24. The Morgan fingerprint density at radius 1 is 1.55 bits per heavy atom. The van der Waals surface area contributed by atoms with E-state index in [1.54, 1.807) is 11.3 Å². The van der Waals surface area contributed by atoms with Gasteiger partial charge in [-0.3, -0.25) is 4.79 Å². The van der Waals surface area contributed by atoms with Crippen molar-refractivity contribution in [2.75, 3.05) is 0 Å². The van der Waals surface area contributed by atoms with E-state index in [4.69, 9.17) is 9.84 Å². The molecule has 1 aromatic heterocycles. The van der Waals surface area contributed by atoms with E-state index in [-0.39, 0.29) is 11.9 Å². The molecule has 1 amide bonds. The molecule has 20 heavy (non-hydrogen) atoms. The van der Waals surface area contributed by atoms with E-state index in [1.807, 2.05) is 13.1 Å². The largest absolute Gasteiger partial charge is 0.479 e. The maximum Gasteiger partial charge on any atom is 0.332 e. The first-order valence-corrected chi connectivity index (χ1v) is 7.46. The number of carbonyl (C=O) groups is 2. The third-order valence-corrected chi connectivity index (χ3v) is 4.56. The lowest BCUT2D eigenvalue weighted by Crippen LogP contribution is -2.37. The zero-order chi connectivity index (χ0) is 14.7. The van der Waals surface area contributed by atoms with Crippen molar-refractivity contribution in [1.82, 2.24) is 10.3 Å². The van der Waals surface area contributed by atoms with Crippen molar-refractivity contribution in [3.8, 4) is 0 Å². The Morgan fingerprint density at radius 2 is 2.25 bits per heavy atom. The van der Waals surface area contributed by atoms with E-state index in [0.29, 0.717) is 12.8 Å².